The summed E-state index contributed by atoms with van der Waals surface area (Å²) in [4.78, 5) is 36.5. The van der Waals surface area contributed by atoms with E-state index in [0.29, 0.717) is 47.9 Å². The van der Waals surface area contributed by atoms with Crippen molar-refractivity contribution in [1.82, 2.24) is 53.9 Å². The number of carbonyl (C=O) groups is 1. The van der Waals surface area contributed by atoms with Gasteiger partial charge in [-0.05, 0) is 72.1 Å². The van der Waals surface area contributed by atoms with Gasteiger partial charge in [-0.15, -0.1) is 0 Å². The van der Waals surface area contributed by atoms with Crippen LogP contribution < -0.4 is 33.6 Å². The second-order valence-electron chi connectivity index (χ2n) is 16.4. The number of hydrogen-bond donors (Lipinski definition) is 6. The van der Waals surface area contributed by atoms with Crippen molar-refractivity contribution in [2.24, 2.45) is 0 Å². The fourth-order valence-corrected chi connectivity index (χ4v) is 8.31. The Labute approximate surface area is 380 Å². The van der Waals surface area contributed by atoms with Crippen LogP contribution in [0.5, 0.6) is 0 Å². The summed E-state index contributed by atoms with van der Waals surface area (Å²) in [6, 6.07) is 23.5. The molecule has 0 unspecified atom stereocenters. The van der Waals surface area contributed by atoms with Crippen molar-refractivity contribution < 1.29 is 4.79 Å². The van der Waals surface area contributed by atoms with Crippen LogP contribution in [0.4, 0.5) is 46.3 Å². The summed E-state index contributed by atoms with van der Waals surface area (Å²) < 4.78 is 5.92. The third-order valence-electron chi connectivity index (χ3n) is 12.1. The number of nitrogens with two attached hydrogens (primary N) is 4. The van der Waals surface area contributed by atoms with Crippen LogP contribution in [0.2, 0.25) is 0 Å². The third-order valence-corrected chi connectivity index (χ3v) is 12.1. The highest BCUT2D eigenvalue weighted by Gasteiger charge is 2.21. The first-order chi connectivity index (χ1) is 31.4. The van der Waals surface area contributed by atoms with Gasteiger partial charge < -0.3 is 43.0 Å². The number of imidazole rings is 1. The quantitative estimate of drug-likeness (QED) is 0.0933. The molecule has 2 aromatic carbocycles. The van der Waals surface area contributed by atoms with Crippen LogP contribution >= 0.6 is 0 Å². The number of aromatic nitrogens is 10. The van der Waals surface area contributed by atoms with E-state index >= 15 is 0 Å². The highest BCUT2D eigenvalue weighted by Crippen LogP contribution is 2.33. The SMILES string of the molecule is C.Cc1c(N)cccc1-c1cc2cc(Nc3cc4n(n3)CC(=O)N(C)CC4)ncc2c(N)n1.Cc1c(N)cccc1-c1cc2cc(Nc3cc4n(n3)Cc3nccn3CC4)ncc2c(N)n1. The van der Waals surface area contributed by atoms with E-state index < -0.39 is 0 Å². The second-order valence-corrected chi connectivity index (χ2v) is 16.4. The maximum Gasteiger partial charge on any atom is 0.244 e. The number of amides is 1. The lowest BCUT2D eigenvalue weighted by atomic mass is 10.0. The number of nitrogens with zero attached hydrogens (tertiary/aromatic N) is 11. The van der Waals surface area contributed by atoms with Gasteiger partial charge in [0.1, 0.15) is 35.6 Å². The van der Waals surface area contributed by atoms with Crippen molar-refractivity contribution in [3.63, 3.8) is 0 Å². The third kappa shape index (κ3) is 8.22. The lowest BCUT2D eigenvalue weighted by molar-refractivity contribution is -0.130. The number of nitrogen functional groups attached to an aromatic ring is 4. The van der Waals surface area contributed by atoms with E-state index in [1.54, 1.807) is 22.0 Å². The van der Waals surface area contributed by atoms with Crippen LogP contribution in [0.15, 0.2) is 97.6 Å². The number of likely N-dealkylation sites (N-methyl/N-ethyl adjacent to an activating group) is 1. The number of rotatable bonds is 6. The van der Waals surface area contributed by atoms with Crippen LogP contribution in [0.25, 0.3) is 44.1 Å². The molecule has 2 aliphatic heterocycles. The Kier molecular flexibility index (Phi) is 11.1. The predicted octanol–water partition coefficient (Wildman–Crippen LogP) is 6.87. The Morgan fingerprint density at radius 2 is 1.14 bits per heavy atom. The molecule has 9 aromatic rings. The Balaban J connectivity index is 0.000000164. The van der Waals surface area contributed by atoms with Crippen molar-refractivity contribution >= 4 is 73.7 Å². The van der Waals surface area contributed by atoms with Crippen molar-refractivity contribution in [3.8, 4) is 22.5 Å². The van der Waals surface area contributed by atoms with Crippen molar-refractivity contribution in [2.75, 3.05) is 47.2 Å². The minimum atomic E-state index is 0. The number of hydrogen-bond acceptors (Lipinski definition) is 14. The van der Waals surface area contributed by atoms with Gasteiger partial charge in [-0.1, -0.05) is 31.7 Å². The summed E-state index contributed by atoms with van der Waals surface area (Å²) in [6.07, 6.45) is 8.95. The molecule has 0 fully saturated rings. The summed E-state index contributed by atoms with van der Waals surface area (Å²) in [5, 5.41) is 19.3. The standard InChI is InChI=1S/C24H23N9.C23H24N8O.CH4/c1-14-17(3-2-4-19(14)25)20-9-15-10-21(28-12-18(15)24(26)29-20)30-22-11-16-5-7-32-8-6-27-23(32)13-33(16)31-22;1-13-16(4-3-5-18(13)24)19-8-14-9-20(26-11-17(14)23(25)27-19)28-21-10-15-6-7-30(2)22(32)12-31(15)29-21;/h2-4,6,8-12H,5,7,13,25H2,1H3,(H2,26,29)(H,28,30,31);3-5,8-11H,6-7,12,24H2,1-2H3,(H2,25,27)(H,26,28,29);1H4. The molecule has 66 heavy (non-hydrogen) atoms. The highest BCUT2D eigenvalue weighted by atomic mass is 16.2. The molecule has 11 rings (SSSR count). The van der Waals surface area contributed by atoms with Crippen LogP contribution in [0.1, 0.15) is 35.8 Å². The molecule has 10 N–H and O–H groups in total. The van der Waals surface area contributed by atoms with Crippen molar-refractivity contribution in [2.45, 2.75) is 53.8 Å². The smallest absolute Gasteiger partial charge is 0.244 e. The number of anilines is 8. The number of fused-ring (bicyclic) bond motifs is 5. The molecule has 7 aromatic heterocycles. The van der Waals surface area contributed by atoms with Gasteiger partial charge in [0.15, 0.2) is 11.6 Å². The van der Waals surface area contributed by atoms with E-state index in [0.717, 1.165) is 103 Å². The number of benzene rings is 2. The molecule has 0 saturated heterocycles. The molecule has 334 valence electrons. The zero-order valence-corrected chi connectivity index (χ0v) is 36.1. The summed E-state index contributed by atoms with van der Waals surface area (Å²) in [6.45, 7) is 6.42. The molecular weight excluding hydrogens is 831 g/mol. The van der Waals surface area contributed by atoms with Crippen LogP contribution in [-0.2, 0) is 37.3 Å². The van der Waals surface area contributed by atoms with Gasteiger partial charge in [-0.25, -0.2) is 24.9 Å². The van der Waals surface area contributed by atoms with E-state index in [4.69, 9.17) is 28.0 Å². The molecule has 0 saturated carbocycles. The van der Waals surface area contributed by atoms with E-state index in [9.17, 15) is 4.79 Å². The maximum atomic E-state index is 12.1. The van der Waals surface area contributed by atoms with Crippen molar-refractivity contribution in [1.29, 1.82) is 0 Å². The summed E-state index contributed by atoms with van der Waals surface area (Å²) in [7, 11) is 1.81. The maximum absolute atomic E-state index is 12.1. The normalized spacial score (nSPS) is 13.1. The number of aryl methyl sites for hydroxylation is 2. The van der Waals surface area contributed by atoms with Gasteiger partial charge in [-0.2, -0.15) is 10.2 Å². The molecule has 18 heteroatoms. The Hall–Kier alpha value is -8.54. The molecule has 18 nitrogen and oxygen atoms in total. The largest absolute Gasteiger partial charge is 0.398 e. The molecule has 0 bridgehead atoms. The molecule has 0 radical (unpaired) electrons. The van der Waals surface area contributed by atoms with Crippen LogP contribution in [0.3, 0.4) is 0 Å². The first-order valence-corrected chi connectivity index (χ1v) is 21.2. The Bertz CT molecular complexity index is 3310. The van der Waals surface area contributed by atoms with Gasteiger partial charge >= 0.3 is 0 Å². The summed E-state index contributed by atoms with van der Waals surface area (Å²) >= 11 is 0. The fraction of sp³-hybridized carbons (Fsp3) is 0.208. The van der Waals surface area contributed by atoms with Gasteiger partial charge in [0.2, 0.25) is 5.91 Å². The molecule has 9 heterocycles. The topological polar surface area (TPSA) is 253 Å². The summed E-state index contributed by atoms with van der Waals surface area (Å²) in [5.41, 5.74) is 33.7. The van der Waals surface area contributed by atoms with E-state index in [2.05, 4.69) is 51.3 Å². The average Bonchev–Trinajstić information content (AvgIpc) is 3.96. The number of pyridine rings is 4. The van der Waals surface area contributed by atoms with E-state index in [1.165, 1.54) is 0 Å². The average molecular weight is 882 g/mol. The first kappa shape index (κ1) is 42.7. The van der Waals surface area contributed by atoms with Crippen LogP contribution in [-0.4, -0.2) is 73.4 Å². The molecular formula is C48H51N17O. The van der Waals surface area contributed by atoms with Crippen molar-refractivity contribution in [3.05, 3.63) is 126 Å². The number of carbonyl (C=O) groups excluding carboxylic acids is 1. The van der Waals surface area contributed by atoms with Gasteiger partial charge in [0.05, 0.1) is 17.9 Å². The van der Waals surface area contributed by atoms with Gasteiger partial charge in [0, 0.05) is 115 Å². The second kappa shape index (κ2) is 17.2. The van der Waals surface area contributed by atoms with Crippen LogP contribution in [0, 0.1) is 13.8 Å². The van der Waals surface area contributed by atoms with Gasteiger partial charge in [-0.3, -0.25) is 14.2 Å². The Morgan fingerprint density at radius 3 is 1.68 bits per heavy atom. The number of nitrogens with one attached hydrogen (secondary N) is 2. The molecule has 0 atom stereocenters. The lowest BCUT2D eigenvalue weighted by Gasteiger charge is -2.12. The zero-order chi connectivity index (χ0) is 44.9. The molecule has 1 amide bonds. The summed E-state index contributed by atoms with van der Waals surface area (Å²) in [5.74, 6) is 4.65. The molecule has 0 aliphatic carbocycles. The minimum absolute atomic E-state index is 0. The van der Waals surface area contributed by atoms with E-state index in [-0.39, 0.29) is 19.9 Å². The Morgan fingerprint density at radius 1 is 0.621 bits per heavy atom. The van der Waals surface area contributed by atoms with E-state index in [1.807, 2.05) is 105 Å². The minimum Gasteiger partial charge on any atom is -0.398 e. The molecule has 0 spiro atoms. The zero-order valence-electron chi connectivity index (χ0n) is 36.1. The molecule has 2 aliphatic rings. The fourth-order valence-electron chi connectivity index (χ4n) is 8.31. The first-order valence-electron chi connectivity index (χ1n) is 21.2. The predicted molar refractivity (Wildman–Crippen MR) is 261 cm³/mol. The lowest BCUT2D eigenvalue weighted by Crippen LogP contribution is -2.29. The monoisotopic (exact) mass is 881 g/mol. The highest BCUT2D eigenvalue weighted by molar-refractivity contribution is 5.96. The van der Waals surface area contributed by atoms with Gasteiger partial charge in [0.25, 0.3) is 0 Å².